The van der Waals surface area contributed by atoms with Crippen LogP contribution >= 0.6 is 0 Å². The first-order chi connectivity index (χ1) is 7.83. The van der Waals surface area contributed by atoms with E-state index in [1.165, 1.54) is 6.07 Å². The zero-order chi connectivity index (χ0) is 14.4. The molecule has 0 radical (unpaired) electrons. The lowest BCUT2D eigenvalue weighted by atomic mass is 9.78. The first kappa shape index (κ1) is 15.1. The van der Waals surface area contributed by atoms with Crippen LogP contribution in [0.1, 0.15) is 58.2 Å². The molecule has 0 amide bonds. The molecule has 18 heavy (non-hydrogen) atoms. The molecular formula is C15H21F3. The Morgan fingerprint density at radius 3 is 1.56 bits per heavy atom. The van der Waals surface area contributed by atoms with Gasteiger partial charge in [0.15, 0.2) is 0 Å². The third kappa shape index (κ3) is 3.27. The van der Waals surface area contributed by atoms with Gasteiger partial charge < -0.3 is 0 Å². The van der Waals surface area contributed by atoms with Crippen LogP contribution in [-0.4, -0.2) is 0 Å². The van der Waals surface area contributed by atoms with Crippen molar-refractivity contribution in [3.8, 4) is 0 Å². The Kier molecular flexibility index (Phi) is 3.59. The predicted molar refractivity (Wildman–Crippen MR) is 68.8 cm³/mol. The Morgan fingerprint density at radius 1 is 0.722 bits per heavy atom. The van der Waals surface area contributed by atoms with Crippen molar-refractivity contribution in [1.82, 2.24) is 0 Å². The minimum absolute atomic E-state index is 0.149. The number of alkyl halides is 3. The Bertz CT molecular complexity index is 429. The van der Waals surface area contributed by atoms with E-state index in [-0.39, 0.29) is 5.41 Å². The number of hydrogen-bond donors (Lipinski definition) is 0. The van der Waals surface area contributed by atoms with Crippen LogP contribution < -0.4 is 0 Å². The third-order valence-corrected chi connectivity index (χ3v) is 3.00. The largest absolute Gasteiger partial charge is 0.416 e. The monoisotopic (exact) mass is 258 g/mol. The van der Waals surface area contributed by atoms with E-state index < -0.39 is 17.2 Å². The van der Waals surface area contributed by atoms with Gasteiger partial charge in [0.05, 0.1) is 5.56 Å². The van der Waals surface area contributed by atoms with E-state index in [2.05, 4.69) is 0 Å². The first-order valence-electron chi connectivity index (χ1n) is 6.05. The second kappa shape index (κ2) is 4.29. The summed E-state index contributed by atoms with van der Waals surface area (Å²) in [4.78, 5) is 0. The van der Waals surface area contributed by atoms with E-state index in [0.717, 1.165) is 5.56 Å². The van der Waals surface area contributed by atoms with Gasteiger partial charge in [-0.3, -0.25) is 0 Å². The summed E-state index contributed by atoms with van der Waals surface area (Å²) >= 11 is 0. The smallest absolute Gasteiger partial charge is 0.166 e. The maximum Gasteiger partial charge on any atom is 0.416 e. The number of benzene rings is 1. The van der Waals surface area contributed by atoms with Gasteiger partial charge in [0.25, 0.3) is 0 Å². The zero-order valence-electron chi connectivity index (χ0n) is 11.9. The molecule has 0 unspecified atom stereocenters. The van der Waals surface area contributed by atoms with Gasteiger partial charge in [0.2, 0.25) is 0 Å². The molecule has 0 fully saturated rings. The molecule has 1 aromatic rings. The molecular weight excluding hydrogens is 237 g/mol. The van der Waals surface area contributed by atoms with Crippen molar-refractivity contribution < 1.29 is 13.2 Å². The molecule has 0 spiro atoms. The molecule has 102 valence electrons. The Labute approximate surface area is 107 Å². The maximum absolute atomic E-state index is 13.0. The van der Waals surface area contributed by atoms with Crippen molar-refractivity contribution in [2.45, 2.75) is 58.5 Å². The van der Waals surface area contributed by atoms with Crippen molar-refractivity contribution in [2.75, 3.05) is 0 Å². The van der Waals surface area contributed by atoms with Gasteiger partial charge in [0, 0.05) is 0 Å². The lowest BCUT2D eigenvalue weighted by Gasteiger charge is -2.28. The summed E-state index contributed by atoms with van der Waals surface area (Å²) in [6.45, 7) is 11.4. The minimum atomic E-state index is -4.29. The minimum Gasteiger partial charge on any atom is -0.166 e. The number of hydrogen-bond acceptors (Lipinski definition) is 0. The van der Waals surface area contributed by atoms with Gasteiger partial charge in [-0.05, 0) is 28.0 Å². The molecule has 0 N–H and O–H groups in total. The standard InChI is InChI=1S/C15H21F3/c1-13(2,3)10-7-8-11(15(16,17)18)12(9-10)14(4,5)6/h7-9H,1-6H3. The Balaban J connectivity index is 3.50. The summed E-state index contributed by atoms with van der Waals surface area (Å²) in [6.07, 6.45) is -4.29. The third-order valence-electron chi connectivity index (χ3n) is 3.00. The van der Waals surface area contributed by atoms with Crippen molar-refractivity contribution in [3.63, 3.8) is 0 Å². The highest BCUT2D eigenvalue weighted by Crippen LogP contribution is 2.39. The van der Waals surface area contributed by atoms with Crippen LogP contribution in [0.15, 0.2) is 18.2 Å². The van der Waals surface area contributed by atoms with Gasteiger partial charge in [-0.25, -0.2) is 0 Å². The van der Waals surface area contributed by atoms with E-state index in [1.54, 1.807) is 12.1 Å². The van der Waals surface area contributed by atoms with Crippen molar-refractivity contribution in [1.29, 1.82) is 0 Å². The van der Waals surface area contributed by atoms with E-state index >= 15 is 0 Å². The molecule has 0 heterocycles. The number of halogens is 3. The van der Waals surface area contributed by atoms with E-state index in [0.29, 0.717) is 5.56 Å². The summed E-state index contributed by atoms with van der Waals surface area (Å²) in [5.41, 5.74) is 0.0989. The Hall–Kier alpha value is -0.990. The van der Waals surface area contributed by atoms with Crippen LogP contribution in [0.5, 0.6) is 0 Å². The molecule has 0 aromatic heterocycles. The second-order valence-electron chi connectivity index (χ2n) is 6.76. The SMILES string of the molecule is CC(C)(C)c1ccc(C(F)(F)F)c(C(C)(C)C)c1. The number of rotatable bonds is 0. The molecule has 0 aliphatic rings. The highest BCUT2D eigenvalue weighted by Gasteiger charge is 2.36. The first-order valence-corrected chi connectivity index (χ1v) is 6.05. The van der Waals surface area contributed by atoms with Crippen molar-refractivity contribution in [2.24, 2.45) is 0 Å². The summed E-state index contributed by atoms with van der Waals surface area (Å²) in [7, 11) is 0. The quantitative estimate of drug-likeness (QED) is 0.592. The summed E-state index contributed by atoms with van der Waals surface area (Å²) in [5.74, 6) is 0. The molecule has 0 nitrogen and oxygen atoms in total. The summed E-state index contributed by atoms with van der Waals surface area (Å²) in [5, 5.41) is 0. The topological polar surface area (TPSA) is 0 Å². The average molecular weight is 258 g/mol. The van der Waals surface area contributed by atoms with Crippen LogP contribution in [0.4, 0.5) is 13.2 Å². The van der Waals surface area contributed by atoms with Crippen LogP contribution in [0, 0.1) is 0 Å². The molecule has 0 bridgehead atoms. The average Bonchev–Trinajstić information content (AvgIpc) is 2.12. The van der Waals surface area contributed by atoms with E-state index in [1.807, 2.05) is 41.5 Å². The molecule has 3 heteroatoms. The van der Waals surface area contributed by atoms with Gasteiger partial charge in [-0.15, -0.1) is 0 Å². The fraction of sp³-hybridized carbons (Fsp3) is 0.600. The highest BCUT2D eigenvalue weighted by molar-refractivity contribution is 5.40. The molecule has 0 atom stereocenters. The Morgan fingerprint density at radius 2 is 1.22 bits per heavy atom. The maximum atomic E-state index is 13.0. The van der Waals surface area contributed by atoms with Crippen LogP contribution in [-0.2, 0) is 17.0 Å². The van der Waals surface area contributed by atoms with Crippen LogP contribution in [0.2, 0.25) is 0 Å². The highest BCUT2D eigenvalue weighted by atomic mass is 19.4. The van der Waals surface area contributed by atoms with Crippen LogP contribution in [0.25, 0.3) is 0 Å². The lowest BCUT2D eigenvalue weighted by molar-refractivity contribution is -0.138. The fourth-order valence-corrected chi connectivity index (χ4v) is 1.88. The van der Waals surface area contributed by atoms with Gasteiger partial charge in [0.1, 0.15) is 0 Å². The van der Waals surface area contributed by atoms with E-state index in [4.69, 9.17) is 0 Å². The summed E-state index contributed by atoms with van der Waals surface area (Å²) in [6, 6.07) is 4.49. The summed E-state index contributed by atoms with van der Waals surface area (Å²) < 4.78 is 39.0. The van der Waals surface area contributed by atoms with E-state index in [9.17, 15) is 13.2 Å². The fourth-order valence-electron chi connectivity index (χ4n) is 1.88. The second-order valence-corrected chi connectivity index (χ2v) is 6.76. The van der Waals surface area contributed by atoms with Crippen LogP contribution in [0.3, 0.4) is 0 Å². The molecule has 1 aromatic carbocycles. The normalized spacial score (nSPS) is 13.8. The van der Waals surface area contributed by atoms with Gasteiger partial charge in [-0.2, -0.15) is 13.2 Å². The molecule has 1 rings (SSSR count). The van der Waals surface area contributed by atoms with Crippen molar-refractivity contribution in [3.05, 3.63) is 34.9 Å². The molecule has 0 aliphatic heterocycles. The molecule has 0 saturated heterocycles. The van der Waals surface area contributed by atoms with Gasteiger partial charge >= 0.3 is 6.18 Å². The zero-order valence-corrected chi connectivity index (χ0v) is 11.9. The van der Waals surface area contributed by atoms with Gasteiger partial charge in [-0.1, -0.05) is 53.7 Å². The molecule has 0 saturated carbocycles. The lowest BCUT2D eigenvalue weighted by Crippen LogP contribution is -2.22. The predicted octanol–water partition coefficient (Wildman–Crippen LogP) is 5.30. The van der Waals surface area contributed by atoms with Crippen molar-refractivity contribution >= 4 is 0 Å². The molecule has 0 aliphatic carbocycles.